The van der Waals surface area contributed by atoms with E-state index in [0.29, 0.717) is 6.54 Å². The summed E-state index contributed by atoms with van der Waals surface area (Å²) in [5.74, 6) is 0. The lowest BCUT2D eigenvalue weighted by molar-refractivity contribution is 1.24. The van der Waals surface area contributed by atoms with Crippen molar-refractivity contribution < 1.29 is 0 Å². The minimum absolute atomic E-state index is 0.596. The zero-order valence-electron chi connectivity index (χ0n) is 8.49. The normalized spacial score (nSPS) is 11.1. The van der Waals surface area contributed by atoms with Gasteiger partial charge in [-0.1, -0.05) is 18.2 Å². The van der Waals surface area contributed by atoms with Crippen molar-refractivity contribution in [1.29, 1.82) is 0 Å². The molecule has 0 radical (unpaired) electrons. The largest absolute Gasteiger partial charge is 0.327 e. The van der Waals surface area contributed by atoms with E-state index in [1.165, 1.54) is 15.4 Å². The topological polar surface area (TPSA) is 26.0 Å². The highest BCUT2D eigenvalue weighted by Gasteiger charge is 1.99. The van der Waals surface area contributed by atoms with Gasteiger partial charge in [0, 0.05) is 16.3 Å². The average molecular weight is 225 g/mol. The van der Waals surface area contributed by atoms with E-state index in [0.717, 1.165) is 0 Å². The number of rotatable bonds is 4. The van der Waals surface area contributed by atoms with Gasteiger partial charge in [0.15, 0.2) is 0 Å². The Hall–Kier alpha value is -0.380. The highest BCUT2D eigenvalue weighted by Crippen LogP contribution is 2.29. The van der Waals surface area contributed by atoms with E-state index in [4.69, 9.17) is 5.73 Å². The highest BCUT2D eigenvalue weighted by atomic mass is 32.2. The van der Waals surface area contributed by atoms with Crippen molar-refractivity contribution in [2.45, 2.75) is 9.79 Å². The summed E-state index contributed by atoms with van der Waals surface area (Å²) in [6.07, 6.45) is 8.23. The average Bonchev–Trinajstić information content (AvgIpc) is 2.25. The lowest BCUT2D eigenvalue weighted by atomic mass is 10.2. The van der Waals surface area contributed by atoms with Gasteiger partial charge in [-0.05, 0) is 30.2 Å². The molecular formula is C11H15NS2. The van der Waals surface area contributed by atoms with Gasteiger partial charge < -0.3 is 5.73 Å². The quantitative estimate of drug-likeness (QED) is 0.797. The number of thioether (sulfide) groups is 2. The third-order valence-electron chi connectivity index (χ3n) is 1.85. The van der Waals surface area contributed by atoms with E-state index >= 15 is 0 Å². The van der Waals surface area contributed by atoms with E-state index in [1.807, 2.05) is 6.08 Å². The standard InChI is InChI=1S/C11H15NS2/c1-13-10-6-5-9(4-3-7-12)8-11(10)14-2/h3-6,8H,7,12H2,1-2H3/b4-3+. The maximum atomic E-state index is 5.41. The van der Waals surface area contributed by atoms with Gasteiger partial charge in [0.25, 0.3) is 0 Å². The Kier molecular flexibility index (Phi) is 5.15. The van der Waals surface area contributed by atoms with E-state index in [9.17, 15) is 0 Å². The summed E-state index contributed by atoms with van der Waals surface area (Å²) in [7, 11) is 0. The fourth-order valence-electron chi connectivity index (χ4n) is 1.16. The molecule has 1 rings (SSSR count). The van der Waals surface area contributed by atoms with Crippen molar-refractivity contribution >= 4 is 29.6 Å². The molecule has 0 aliphatic heterocycles. The summed E-state index contributed by atoms with van der Waals surface area (Å²) in [6, 6.07) is 6.48. The maximum Gasteiger partial charge on any atom is 0.0211 e. The molecule has 0 aliphatic carbocycles. The van der Waals surface area contributed by atoms with Crippen LogP contribution in [0.2, 0.25) is 0 Å². The monoisotopic (exact) mass is 225 g/mol. The van der Waals surface area contributed by atoms with Gasteiger partial charge in [0.05, 0.1) is 0 Å². The first-order valence-corrected chi connectivity index (χ1v) is 6.85. The minimum atomic E-state index is 0.596. The van der Waals surface area contributed by atoms with Crippen LogP contribution in [0.4, 0.5) is 0 Å². The zero-order chi connectivity index (χ0) is 10.4. The molecule has 0 fully saturated rings. The molecule has 0 heterocycles. The predicted molar refractivity (Wildman–Crippen MR) is 68.1 cm³/mol. The molecule has 1 aromatic rings. The Morgan fingerprint density at radius 1 is 1.21 bits per heavy atom. The van der Waals surface area contributed by atoms with E-state index in [2.05, 4.69) is 36.8 Å². The van der Waals surface area contributed by atoms with Crippen LogP contribution < -0.4 is 5.73 Å². The molecule has 1 aromatic carbocycles. The van der Waals surface area contributed by atoms with Crippen molar-refractivity contribution in [3.63, 3.8) is 0 Å². The Morgan fingerprint density at radius 2 is 1.93 bits per heavy atom. The molecule has 0 atom stereocenters. The molecule has 14 heavy (non-hydrogen) atoms. The summed E-state index contributed by atoms with van der Waals surface area (Å²) in [5.41, 5.74) is 6.63. The Labute approximate surface area is 94.2 Å². The minimum Gasteiger partial charge on any atom is -0.327 e. The van der Waals surface area contributed by atoms with Crippen LogP contribution in [0.15, 0.2) is 34.1 Å². The summed E-state index contributed by atoms with van der Waals surface area (Å²) >= 11 is 3.56. The molecule has 1 nitrogen and oxygen atoms in total. The lowest BCUT2D eigenvalue weighted by Crippen LogP contribution is -1.92. The Morgan fingerprint density at radius 3 is 2.50 bits per heavy atom. The first kappa shape index (κ1) is 11.7. The van der Waals surface area contributed by atoms with Crippen molar-refractivity contribution in [1.82, 2.24) is 0 Å². The number of benzene rings is 1. The zero-order valence-corrected chi connectivity index (χ0v) is 10.1. The van der Waals surface area contributed by atoms with Crippen molar-refractivity contribution in [3.05, 3.63) is 29.8 Å². The third-order valence-corrected chi connectivity index (χ3v) is 3.56. The van der Waals surface area contributed by atoms with Crippen molar-refractivity contribution in [2.24, 2.45) is 5.73 Å². The number of hydrogen-bond acceptors (Lipinski definition) is 3. The summed E-state index contributed by atoms with van der Waals surface area (Å²) in [4.78, 5) is 2.67. The first-order valence-electron chi connectivity index (χ1n) is 4.40. The van der Waals surface area contributed by atoms with Gasteiger partial charge in [0.1, 0.15) is 0 Å². The van der Waals surface area contributed by atoms with E-state index in [-0.39, 0.29) is 0 Å². The highest BCUT2D eigenvalue weighted by molar-refractivity contribution is 8.01. The molecule has 0 amide bonds. The maximum absolute atomic E-state index is 5.41. The summed E-state index contributed by atoms with van der Waals surface area (Å²) in [6.45, 7) is 0.596. The Balaban J connectivity index is 2.95. The van der Waals surface area contributed by atoms with Crippen LogP contribution in [-0.4, -0.2) is 19.1 Å². The second-order valence-corrected chi connectivity index (χ2v) is 4.45. The van der Waals surface area contributed by atoms with E-state index < -0.39 is 0 Å². The van der Waals surface area contributed by atoms with Crippen molar-refractivity contribution in [3.8, 4) is 0 Å². The number of hydrogen-bond donors (Lipinski definition) is 1. The first-order chi connectivity index (χ1) is 6.81. The molecule has 0 aliphatic rings. The molecule has 0 unspecified atom stereocenters. The molecule has 3 heteroatoms. The van der Waals surface area contributed by atoms with Gasteiger partial charge in [-0.15, -0.1) is 23.5 Å². The Bertz CT molecular complexity index is 321. The van der Waals surface area contributed by atoms with Crippen LogP contribution >= 0.6 is 23.5 Å². The molecule has 0 spiro atoms. The summed E-state index contributed by atoms with van der Waals surface area (Å²) < 4.78 is 0. The van der Waals surface area contributed by atoms with Crippen LogP contribution in [0.1, 0.15) is 5.56 Å². The second-order valence-electron chi connectivity index (χ2n) is 2.75. The molecule has 0 saturated heterocycles. The molecule has 0 bridgehead atoms. The van der Waals surface area contributed by atoms with Gasteiger partial charge in [-0.25, -0.2) is 0 Å². The lowest BCUT2D eigenvalue weighted by Gasteiger charge is -2.05. The second kappa shape index (κ2) is 6.17. The fraction of sp³-hybridized carbons (Fsp3) is 0.273. The molecule has 0 saturated carbocycles. The summed E-state index contributed by atoms with van der Waals surface area (Å²) in [5, 5.41) is 0. The molecule has 2 N–H and O–H groups in total. The predicted octanol–water partition coefficient (Wildman–Crippen LogP) is 3.10. The third kappa shape index (κ3) is 3.08. The molecule has 0 aromatic heterocycles. The number of nitrogens with two attached hydrogens (primary N) is 1. The van der Waals surface area contributed by atoms with E-state index in [1.54, 1.807) is 23.5 Å². The van der Waals surface area contributed by atoms with Crippen LogP contribution in [0.25, 0.3) is 6.08 Å². The molecular weight excluding hydrogens is 210 g/mol. The van der Waals surface area contributed by atoms with Gasteiger partial charge >= 0.3 is 0 Å². The van der Waals surface area contributed by atoms with Crippen LogP contribution in [-0.2, 0) is 0 Å². The van der Waals surface area contributed by atoms with Crippen LogP contribution in [0, 0.1) is 0 Å². The molecule has 76 valence electrons. The smallest absolute Gasteiger partial charge is 0.0211 e. The SMILES string of the molecule is CSc1ccc(/C=C/CN)cc1SC. The van der Waals surface area contributed by atoms with Gasteiger partial charge in [-0.3, -0.25) is 0 Å². The van der Waals surface area contributed by atoms with Gasteiger partial charge in [-0.2, -0.15) is 0 Å². The van der Waals surface area contributed by atoms with Crippen molar-refractivity contribution in [2.75, 3.05) is 19.1 Å². The van der Waals surface area contributed by atoms with Gasteiger partial charge in [0.2, 0.25) is 0 Å². The van der Waals surface area contributed by atoms with Crippen LogP contribution in [0.5, 0.6) is 0 Å². The fourth-order valence-corrected chi connectivity index (χ4v) is 2.65. The van der Waals surface area contributed by atoms with Crippen LogP contribution in [0.3, 0.4) is 0 Å².